The molecule has 3 N–H and O–H groups in total. The van der Waals surface area contributed by atoms with Crippen molar-refractivity contribution < 1.29 is 14.9 Å². The summed E-state index contributed by atoms with van der Waals surface area (Å²) in [6, 6.07) is 5.41. The number of nitrogens with one attached hydrogen (secondary N) is 1. The number of pyridine rings is 2. The van der Waals surface area contributed by atoms with Crippen molar-refractivity contribution in [1.82, 2.24) is 15.0 Å². The molecular weight excluding hydrogens is 408 g/mol. The van der Waals surface area contributed by atoms with E-state index in [0.717, 1.165) is 10.2 Å². The van der Waals surface area contributed by atoms with Gasteiger partial charge in [0.25, 0.3) is 0 Å². The van der Waals surface area contributed by atoms with Crippen molar-refractivity contribution in [2.75, 3.05) is 11.9 Å². The van der Waals surface area contributed by atoms with Crippen molar-refractivity contribution in [2.45, 2.75) is 13.0 Å². The van der Waals surface area contributed by atoms with Crippen LogP contribution in [0.15, 0.2) is 40.4 Å². The highest BCUT2D eigenvalue weighted by molar-refractivity contribution is 9.10. The predicted octanol–water partition coefficient (Wildman–Crippen LogP) is 3.57. The summed E-state index contributed by atoms with van der Waals surface area (Å²) in [5.41, 5.74) is 1.16. The summed E-state index contributed by atoms with van der Waals surface area (Å²) < 4.78 is 6.71. The maximum absolute atomic E-state index is 9.64. The molecule has 0 saturated heterocycles. The number of aliphatic hydroxyl groups is 2. The van der Waals surface area contributed by atoms with Gasteiger partial charge in [0.05, 0.1) is 18.0 Å². The Morgan fingerprint density at radius 3 is 2.96 bits per heavy atom. The number of aliphatic hydroxyl groups excluding tert-OH is 2. The Labute approximate surface area is 156 Å². The van der Waals surface area contributed by atoms with E-state index in [1.165, 1.54) is 11.3 Å². The van der Waals surface area contributed by atoms with Crippen LogP contribution >= 0.6 is 27.3 Å². The number of halogens is 1. The van der Waals surface area contributed by atoms with Gasteiger partial charge in [-0.25, -0.2) is 9.97 Å². The number of aryl methyl sites for hydroxylation is 1. The lowest BCUT2D eigenvalue weighted by molar-refractivity contribution is 0.0928. The molecule has 0 aliphatic heterocycles. The smallest absolute Gasteiger partial charge is 0.188 e. The molecule has 9 heteroatoms. The van der Waals surface area contributed by atoms with Gasteiger partial charge in [-0.3, -0.25) is 4.98 Å². The summed E-state index contributed by atoms with van der Waals surface area (Å²) in [4.78, 5) is 12.8. The zero-order valence-corrected chi connectivity index (χ0v) is 15.6. The molecular formula is C16H15BrN4O3S. The topological polar surface area (TPSA) is 100 Å². The molecule has 1 unspecified atom stereocenters. The van der Waals surface area contributed by atoms with E-state index in [2.05, 4.69) is 36.2 Å². The molecule has 1 atom stereocenters. The fourth-order valence-corrected chi connectivity index (χ4v) is 3.05. The molecule has 7 nitrogen and oxygen atoms in total. The number of rotatable bonds is 6. The van der Waals surface area contributed by atoms with E-state index in [4.69, 9.17) is 9.84 Å². The Balaban J connectivity index is 1.86. The normalized spacial score (nSPS) is 12.0. The van der Waals surface area contributed by atoms with Crippen LogP contribution in [0, 0.1) is 6.92 Å². The van der Waals surface area contributed by atoms with Crippen LogP contribution < -0.4 is 10.1 Å². The number of thiazole rings is 1. The number of anilines is 2. The molecule has 25 heavy (non-hydrogen) atoms. The highest BCUT2D eigenvalue weighted by atomic mass is 79.9. The maximum atomic E-state index is 9.64. The molecule has 0 spiro atoms. The van der Waals surface area contributed by atoms with Gasteiger partial charge < -0.3 is 20.3 Å². The van der Waals surface area contributed by atoms with E-state index in [0.29, 0.717) is 28.1 Å². The Bertz CT molecular complexity index is 874. The summed E-state index contributed by atoms with van der Waals surface area (Å²) in [5, 5.41) is 23.9. The van der Waals surface area contributed by atoms with E-state index < -0.39 is 6.10 Å². The number of hydrogen-bond acceptors (Lipinski definition) is 8. The van der Waals surface area contributed by atoms with Gasteiger partial charge in [-0.05, 0) is 35.0 Å². The predicted molar refractivity (Wildman–Crippen MR) is 98.4 cm³/mol. The molecule has 0 radical (unpaired) electrons. The van der Waals surface area contributed by atoms with Gasteiger partial charge in [0, 0.05) is 28.3 Å². The number of hydrogen-bond donors (Lipinski definition) is 3. The van der Waals surface area contributed by atoms with Crippen LogP contribution in [-0.4, -0.2) is 31.8 Å². The SMILES string of the molecule is Cc1ncccc1Oc1cc(Br)cnc1Nc1nc(C(O)CO)cs1. The molecule has 0 amide bonds. The Morgan fingerprint density at radius 2 is 2.20 bits per heavy atom. The van der Waals surface area contributed by atoms with Gasteiger partial charge in [-0.15, -0.1) is 11.3 Å². The van der Waals surface area contributed by atoms with Gasteiger partial charge in [0.2, 0.25) is 0 Å². The third-order valence-corrected chi connectivity index (χ3v) is 4.47. The molecule has 0 bridgehead atoms. The summed E-state index contributed by atoms with van der Waals surface area (Å²) in [5.74, 6) is 1.61. The fourth-order valence-electron chi connectivity index (χ4n) is 1.98. The standard InChI is InChI=1S/C16H15BrN4O3S/c1-9-13(3-2-4-18-9)24-14-5-10(17)6-19-15(14)21-16-20-11(8-25-16)12(23)7-22/h2-6,8,12,22-23H,7H2,1H3,(H,19,20,21). The Kier molecular flexibility index (Phi) is 5.59. The first-order valence-corrected chi connectivity index (χ1v) is 9.00. The van der Waals surface area contributed by atoms with Crippen LogP contribution in [0.5, 0.6) is 11.5 Å². The molecule has 3 aromatic heterocycles. The number of aromatic nitrogens is 3. The fraction of sp³-hybridized carbons (Fsp3) is 0.188. The third-order valence-electron chi connectivity index (χ3n) is 3.26. The second-order valence-corrected chi connectivity index (χ2v) is 6.86. The van der Waals surface area contributed by atoms with E-state index in [1.54, 1.807) is 29.9 Å². The Hall–Kier alpha value is -2.07. The van der Waals surface area contributed by atoms with E-state index >= 15 is 0 Å². The van der Waals surface area contributed by atoms with E-state index in [1.807, 2.05) is 13.0 Å². The lowest BCUT2D eigenvalue weighted by Crippen LogP contribution is -2.03. The molecule has 3 aromatic rings. The lowest BCUT2D eigenvalue weighted by Gasteiger charge is -2.12. The van der Waals surface area contributed by atoms with Crippen LogP contribution in [-0.2, 0) is 0 Å². The first-order valence-electron chi connectivity index (χ1n) is 7.33. The van der Waals surface area contributed by atoms with Crippen molar-refractivity contribution >= 4 is 38.2 Å². The second-order valence-electron chi connectivity index (χ2n) is 5.09. The molecule has 3 heterocycles. The first kappa shape index (κ1) is 17.7. The van der Waals surface area contributed by atoms with Gasteiger partial charge in [-0.2, -0.15) is 0 Å². The number of ether oxygens (including phenoxy) is 1. The monoisotopic (exact) mass is 422 g/mol. The van der Waals surface area contributed by atoms with Crippen molar-refractivity contribution in [3.63, 3.8) is 0 Å². The van der Waals surface area contributed by atoms with Crippen molar-refractivity contribution in [2.24, 2.45) is 0 Å². The van der Waals surface area contributed by atoms with Crippen LogP contribution in [0.4, 0.5) is 10.9 Å². The average Bonchev–Trinajstić information content (AvgIpc) is 3.07. The molecule has 0 fully saturated rings. The zero-order valence-electron chi connectivity index (χ0n) is 13.2. The van der Waals surface area contributed by atoms with Crippen LogP contribution in [0.25, 0.3) is 0 Å². The molecule has 0 saturated carbocycles. The molecule has 130 valence electrons. The second kappa shape index (κ2) is 7.87. The van der Waals surface area contributed by atoms with E-state index in [-0.39, 0.29) is 6.61 Å². The largest absolute Gasteiger partial charge is 0.452 e. The van der Waals surface area contributed by atoms with E-state index in [9.17, 15) is 5.11 Å². The quantitative estimate of drug-likeness (QED) is 0.557. The summed E-state index contributed by atoms with van der Waals surface area (Å²) in [7, 11) is 0. The maximum Gasteiger partial charge on any atom is 0.188 e. The van der Waals surface area contributed by atoms with Gasteiger partial charge >= 0.3 is 0 Å². The van der Waals surface area contributed by atoms with Crippen molar-refractivity contribution in [1.29, 1.82) is 0 Å². The van der Waals surface area contributed by atoms with Crippen molar-refractivity contribution in [3.05, 3.63) is 51.8 Å². The minimum Gasteiger partial charge on any atom is -0.452 e. The molecule has 0 aliphatic carbocycles. The van der Waals surface area contributed by atoms with Crippen molar-refractivity contribution in [3.8, 4) is 11.5 Å². The molecule has 0 aliphatic rings. The first-order chi connectivity index (χ1) is 12.1. The molecule has 0 aromatic carbocycles. The summed E-state index contributed by atoms with van der Waals surface area (Å²) in [6.07, 6.45) is 2.34. The minimum atomic E-state index is -1.00. The highest BCUT2D eigenvalue weighted by Crippen LogP contribution is 2.34. The minimum absolute atomic E-state index is 0.381. The lowest BCUT2D eigenvalue weighted by atomic mass is 10.3. The molecule has 3 rings (SSSR count). The Morgan fingerprint density at radius 1 is 1.36 bits per heavy atom. The van der Waals surface area contributed by atoms with Crippen LogP contribution in [0.1, 0.15) is 17.5 Å². The van der Waals surface area contributed by atoms with Gasteiger partial charge in [-0.1, -0.05) is 0 Å². The summed E-state index contributed by atoms with van der Waals surface area (Å²) in [6.45, 7) is 1.48. The van der Waals surface area contributed by atoms with Crippen LogP contribution in [0.3, 0.4) is 0 Å². The number of nitrogens with zero attached hydrogens (tertiary/aromatic N) is 3. The van der Waals surface area contributed by atoms with Gasteiger partial charge in [0.15, 0.2) is 16.7 Å². The van der Waals surface area contributed by atoms with Gasteiger partial charge in [0.1, 0.15) is 11.9 Å². The third kappa shape index (κ3) is 4.31. The zero-order chi connectivity index (χ0) is 17.8. The average molecular weight is 423 g/mol. The van der Waals surface area contributed by atoms with Crippen LogP contribution in [0.2, 0.25) is 0 Å². The summed E-state index contributed by atoms with van der Waals surface area (Å²) >= 11 is 4.68. The highest BCUT2D eigenvalue weighted by Gasteiger charge is 2.14.